The molecule has 2 aromatic heterocycles. The molecular formula is C7H5FN4S. The van der Waals surface area contributed by atoms with Crippen LogP contribution < -0.4 is 0 Å². The summed E-state index contributed by atoms with van der Waals surface area (Å²) >= 11 is 4.74. The summed E-state index contributed by atoms with van der Waals surface area (Å²) in [4.78, 5) is 7.50. The van der Waals surface area contributed by atoms with Crippen molar-refractivity contribution in [2.45, 2.75) is 0 Å². The summed E-state index contributed by atoms with van der Waals surface area (Å²) in [5, 5.41) is 5.24. The molecule has 66 valence electrons. The molecule has 0 bridgehead atoms. The Balaban J connectivity index is 2.58. The molecule has 4 nitrogen and oxygen atoms in total. The monoisotopic (exact) mass is 196 g/mol. The van der Waals surface area contributed by atoms with Crippen LogP contribution >= 0.6 is 12.2 Å². The molecule has 0 unspecified atom stereocenters. The molecule has 0 aliphatic heterocycles. The van der Waals surface area contributed by atoms with Gasteiger partial charge in [0.25, 0.3) is 0 Å². The topological polar surface area (TPSA) is 57.4 Å². The van der Waals surface area contributed by atoms with E-state index < -0.39 is 5.82 Å². The normalized spacial score (nSPS) is 10.2. The van der Waals surface area contributed by atoms with Gasteiger partial charge in [-0.3, -0.25) is 15.2 Å². The van der Waals surface area contributed by atoms with Crippen LogP contribution in [0.3, 0.4) is 0 Å². The third-order valence-electron chi connectivity index (χ3n) is 1.53. The summed E-state index contributed by atoms with van der Waals surface area (Å²) < 4.78 is 13.4. The van der Waals surface area contributed by atoms with E-state index in [4.69, 9.17) is 12.2 Å². The zero-order valence-corrected chi connectivity index (χ0v) is 7.23. The van der Waals surface area contributed by atoms with Gasteiger partial charge >= 0.3 is 0 Å². The van der Waals surface area contributed by atoms with Crippen molar-refractivity contribution in [3.05, 3.63) is 29.0 Å². The van der Waals surface area contributed by atoms with E-state index in [1.165, 1.54) is 12.3 Å². The van der Waals surface area contributed by atoms with Crippen LogP contribution in [0.2, 0.25) is 0 Å². The van der Waals surface area contributed by atoms with E-state index in [0.29, 0.717) is 16.2 Å². The number of H-pyrrole nitrogens is 2. The first kappa shape index (κ1) is 8.06. The van der Waals surface area contributed by atoms with Gasteiger partial charge in [0, 0.05) is 6.20 Å². The summed E-state index contributed by atoms with van der Waals surface area (Å²) in [7, 11) is 0. The predicted molar refractivity (Wildman–Crippen MR) is 47.0 cm³/mol. The van der Waals surface area contributed by atoms with Crippen molar-refractivity contribution < 1.29 is 4.39 Å². The molecule has 0 fully saturated rings. The largest absolute Gasteiger partial charge is 0.282 e. The molecule has 2 N–H and O–H groups in total. The van der Waals surface area contributed by atoms with Crippen LogP contribution in [-0.2, 0) is 0 Å². The van der Waals surface area contributed by atoms with Crippen LogP contribution in [0.4, 0.5) is 4.39 Å². The zero-order valence-electron chi connectivity index (χ0n) is 6.41. The fraction of sp³-hybridized carbons (Fsp3) is 0. The van der Waals surface area contributed by atoms with Crippen molar-refractivity contribution in [1.29, 1.82) is 0 Å². The first-order chi connectivity index (χ1) is 6.27. The van der Waals surface area contributed by atoms with E-state index in [0.717, 1.165) is 6.20 Å². The molecule has 0 atom stereocenters. The van der Waals surface area contributed by atoms with E-state index in [2.05, 4.69) is 20.2 Å². The second-order valence-electron chi connectivity index (χ2n) is 2.37. The minimum atomic E-state index is -0.430. The number of aromatic nitrogens is 4. The number of pyridine rings is 1. The molecule has 0 spiro atoms. The van der Waals surface area contributed by atoms with Crippen LogP contribution in [-0.4, -0.2) is 20.2 Å². The van der Waals surface area contributed by atoms with Crippen LogP contribution in [0.1, 0.15) is 0 Å². The molecule has 0 saturated carbocycles. The zero-order chi connectivity index (χ0) is 9.26. The summed E-state index contributed by atoms with van der Waals surface area (Å²) in [6, 6.07) is 1.52. The predicted octanol–water partition coefficient (Wildman–Crippen LogP) is 1.67. The van der Waals surface area contributed by atoms with Crippen molar-refractivity contribution in [1.82, 2.24) is 20.2 Å². The lowest BCUT2D eigenvalue weighted by Gasteiger charge is -1.95. The highest BCUT2D eigenvalue weighted by molar-refractivity contribution is 7.71. The third-order valence-corrected chi connectivity index (χ3v) is 1.72. The van der Waals surface area contributed by atoms with E-state index in [9.17, 15) is 4.39 Å². The highest BCUT2D eigenvalue weighted by atomic mass is 32.1. The highest BCUT2D eigenvalue weighted by Crippen LogP contribution is 2.15. The van der Waals surface area contributed by atoms with E-state index in [-0.39, 0.29) is 0 Å². The third kappa shape index (κ3) is 1.48. The highest BCUT2D eigenvalue weighted by Gasteiger charge is 2.06. The molecule has 0 aromatic carbocycles. The van der Waals surface area contributed by atoms with Gasteiger partial charge < -0.3 is 0 Å². The van der Waals surface area contributed by atoms with Crippen molar-refractivity contribution >= 4 is 12.2 Å². The molecule has 6 heteroatoms. The second-order valence-corrected chi connectivity index (χ2v) is 2.76. The SMILES string of the molecule is Fc1cnccc1-c1nc(=S)[nH][nH]1. The molecule has 0 saturated heterocycles. The van der Waals surface area contributed by atoms with Gasteiger partial charge in [-0.15, -0.1) is 0 Å². The van der Waals surface area contributed by atoms with E-state index in [1.807, 2.05) is 0 Å². The van der Waals surface area contributed by atoms with Crippen LogP contribution in [0, 0.1) is 10.6 Å². The minimum Gasteiger partial charge on any atom is -0.282 e. The summed E-state index contributed by atoms with van der Waals surface area (Å²) in [6.07, 6.45) is 2.62. The maximum atomic E-state index is 13.1. The van der Waals surface area contributed by atoms with E-state index >= 15 is 0 Å². The first-order valence-corrected chi connectivity index (χ1v) is 3.93. The Kier molecular flexibility index (Phi) is 1.90. The molecule has 0 amide bonds. The maximum Gasteiger partial charge on any atom is 0.213 e. The molecule has 0 radical (unpaired) electrons. The van der Waals surface area contributed by atoms with Gasteiger partial charge in [-0.2, -0.15) is 4.98 Å². The number of nitrogens with zero attached hydrogens (tertiary/aromatic N) is 2. The molecule has 13 heavy (non-hydrogen) atoms. The van der Waals surface area contributed by atoms with Crippen molar-refractivity contribution in [3.63, 3.8) is 0 Å². The number of aromatic amines is 2. The maximum absolute atomic E-state index is 13.1. The Labute approximate surface area is 77.8 Å². The lowest BCUT2D eigenvalue weighted by Crippen LogP contribution is -1.87. The lowest BCUT2D eigenvalue weighted by atomic mass is 10.2. The van der Waals surface area contributed by atoms with Gasteiger partial charge in [0.15, 0.2) is 11.6 Å². The number of halogens is 1. The van der Waals surface area contributed by atoms with Crippen LogP contribution in [0.25, 0.3) is 11.4 Å². The lowest BCUT2D eigenvalue weighted by molar-refractivity contribution is 0.623. The van der Waals surface area contributed by atoms with Crippen molar-refractivity contribution in [2.75, 3.05) is 0 Å². The number of nitrogens with one attached hydrogen (secondary N) is 2. The van der Waals surface area contributed by atoms with Gasteiger partial charge in [-0.25, -0.2) is 4.39 Å². The Morgan fingerprint density at radius 2 is 2.23 bits per heavy atom. The molecule has 2 rings (SSSR count). The van der Waals surface area contributed by atoms with Crippen molar-refractivity contribution in [2.24, 2.45) is 0 Å². The first-order valence-electron chi connectivity index (χ1n) is 3.52. The molecule has 2 heterocycles. The second kappa shape index (κ2) is 3.06. The summed E-state index contributed by atoms with van der Waals surface area (Å²) in [5.74, 6) is -0.0508. The van der Waals surface area contributed by atoms with Crippen LogP contribution in [0.15, 0.2) is 18.5 Å². The number of hydrogen-bond acceptors (Lipinski definition) is 3. The Morgan fingerprint density at radius 3 is 2.85 bits per heavy atom. The quantitative estimate of drug-likeness (QED) is 0.682. The van der Waals surface area contributed by atoms with Gasteiger partial charge in [-0.05, 0) is 18.3 Å². The average molecular weight is 196 g/mol. The molecule has 0 aliphatic carbocycles. The summed E-state index contributed by atoms with van der Waals surface area (Å²) in [5.41, 5.74) is 0.349. The average Bonchev–Trinajstić information content (AvgIpc) is 2.53. The molecular weight excluding hydrogens is 191 g/mol. The fourth-order valence-corrected chi connectivity index (χ4v) is 1.11. The number of rotatable bonds is 1. The standard InChI is InChI=1S/C7H5FN4S/c8-5-3-9-2-1-4(5)6-10-7(13)12-11-6/h1-3H,(H2,10,11,12,13). The summed E-state index contributed by atoms with van der Waals surface area (Å²) in [6.45, 7) is 0. The number of hydrogen-bond donors (Lipinski definition) is 2. The molecule has 2 aromatic rings. The van der Waals surface area contributed by atoms with Crippen molar-refractivity contribution in [3.8, 4) is 11.4 Å². The Morgan fingerprint density at radius 1 is 1.38 bits per heavy atom. The van der Waals surface area contributed by atoms with Gasteiger partial charge in [-0.1, -0.05) is 0 Å². The Bertz CT molecular complexity index is 475. The van der Waals surface area contributed by atoms with E-state index in [1.54, 1.807) is 0 Å². The Hall–Kier alpha value is -1.56. The van der Waals surface area contributed by atoms with Gasteiger partial charge in [0.1, 0.15) is 0 Å². The van der Waals surface area contributed by atoms with Gasteiger partial charge in [0.05, 0.1) is 11.8 Å². The fourth-order valence-electron chi connectivity index (χ4n) is 0.965. The smallest absolute Gasteiger partial charge is 0.213 e. The molecule has 0 aliphatic rings. The van der Waals surface area contributed by atoms with Crippen LogP contribution in [0.5, 0.6) is 0 Å². The minimum absolute atomic E-state index is 0.297. The van der Waals surface area contributed by atoms with Gasteiger partial charge in [0.2, 0.25) is 4.77 Å².